The number of hydrogen-bond acceptors (Lipinski definition) is 5. The lowest BCUT2D eigenvalue weighted by molar-refractivity contribution is -0.136. The van der Waals surface area contributed by atoms with Gasteiger partial charge in [0, 0.05) is 30.7 Å². The molecule has 0 aliphatic carbocycles. The minimum Gasteiger partial charge on any atom is -0.443 e. The van der Waals surface area contributed by atoms with Crippen LogP contribution in [-0.2, 0) is 17.8 Å². The fourth-order valence-electron chi connectivity index (χ4n) is 3.99. The molecule has 1 atom stereocenters. The average molecular weight is 439 g/mol. The van der Waals surface area contributed by atoms with E-state index in [0.717, 1.165) is 42.8 Å². The molecule has 0 radical (unpaired) electrons. The lowest BCUT2D eigenvalue weighted by Gasteiger charge is -2.34. The van der Waals surface area contributed by atoms with Crippen LogP contribution in [0.25, 0.3) is 0 Å². The van der Waals surface area contributed by atoms with Crippen LogP contribution in [-0.4, -0.2) is 45.8 Å². The van der Waals surface area contributed by atoms with Crippen molar-refractivity contribution < 1.29 is 9.21 Å². The maximum Gasteiger partial charge on any atom is 0.237 e. The maximum absolute atomic E-state index is 13.1. The van der Waals surface area contributed by atoms with Crippen LogP contribution in [0, 0.1) is 0 Å². The predicted octanol–water partition coefficient (Wildman–Crippen LogP) is 4.50. The first-order valence-electron chi connectivity index (χ1n) is 10.7. The molecule has 1 aliphatic heterocycles. The first kappa shape index (κ1) is 21.5. The molecule has 31 heavy (non-hydrogen) atoms. The van der Waals surface area contributed by atoms with Crippen molar-refractivity contribution in [3.63, 3.8) is 0 Å². The zero-order valence-electron chi connectivity index (χ0n) is 17.7. The zero-order valence-corrected chi connectivity index (χ0v) is 18.5. The molecule has 3 heterocycles. The van der Waals surface area contributed by atoms with Gasteiger partial charge in [0.1, 0.15) is 11.8 Å². The molecule has 4 rings (SSSR count). The summed E-state index contributed by atoms with van der Waals surface area (Å²) in [6.45, 7) is 1.70. The van der Waals surface area contributed by atoms with Gasteiger partial charge in [0.15, 0.2) is 0 Å². The highest BCUT2D eigenvalue weighted by atomic mass is 35.5. The molecule has 162 valence electrons. The second-order valence-corrected chi connectivity index (χ2v) is 8.50. The van der Waals surface area contributed by atoms with Crippen molar-refractivity contribution in [1.82, 2.24) is 19.8 Å². The van der Waals surface area contributed by atoms with Gasteiger partial charge in [0.2, 0.25) is 11.8 Å². The third kappa shape index (κ3) is 5.71. The summed E-state index contributed by atoms with van der Waals surface area (Å²) < 4.78 is 6.08. The number of carbonyl (C=O) groups excluding carboxylic acids is 1. The summed E-state index contributed by atoms with van der Waals surface area (Å²) in [4.78, 5) is 25.9. The highest BCUT2D eigenvalue weighted by molar-refractivity contribution is 6.30. The fourth-order valence-corrected chi connectivity index (χ4v) is 4.12. The molecule has 3 aromatic rings. The Morgan fingerprint density at radius 2 is 2.03 bits per heavy atom. The third-order valence-electron chi connectivity index (χ3n) is 5.53. The molecular formula is C24H27ClN4O2. The number of nitrogens with zero attached hydrogens (tertiary/aromatic N) is 4. The first-order chi connectivity index (χ1) is 15.1. The number of pyridine rings is 1. The molecular weight excluding hydrogens is 412 g/mol. The summed E-state index contributed by atoms with van der Waals surface area (Å²) in [5, 5.41) is 0.714. The summed E-state index contributed by atoms with van der Waals surface area (Å²) in [5.74, 6) is 1.52. The van der Waals surface area contributed by atoms with Crippen molar-refractivity contribution >= 4 is 17.5 Å². The van der Waals surface area contributed by atoms with E-state index in [1.54, 1.807) is 12.4 Å². The molecule has 6 nitrogen and oxygen atoms in total. The van der Waals surface area contributed by atoms with Gasteiger partial charge in [-0.2, -0.15) is 0 Å². The van der Waals surface area contributed by atoms with E-state index in [1.165, 1.54) is 0 Å². The van der Waals surface area contributed by atoms with Crippen LogP contribution in [0.3, 0.4) is 0 Å². The van der Waals surface area contributed by atoms with Gasteiger partial charge in [0.25, 0.3) is 0 Å². The number of aromatic nitrogens is 2. The van der Waals surface area contributed by atoms with Crippen molar-refractivity contribution in [2.45, 2.75) is 38.3 Å². The molecule has 1 aliphatic rings. The topological polar surface area (TPSA) is 62.5 Å². The molecule has 0 N–H and O–H groups in total. The molecule has 2 aromatic heterocycles. The van der Waals surface area contributed by atoms with E-state index in [2.05, 4.69) is 9.97 Å². The van der Waals surface area contributed by atoms with E-state index in [0.29, 0.717) is 30.4 Å². The molecule has 1 aromatic carbocycles. The average Bonchev–Trinajstić information content (AvgIpc) is 3.24. The maximum atomic E-state index is 13.1. The van der Waals surface area contributed by atoms with Crippen molar-refractivity contribution in [3.8, 4) is 0 Å². The van der Waals surface area contributed by atoms with Crippen molar-refractivity contribution in [2.75, 3.05) is 20.1 Å². The number of oxazole rings is 1. The number of halogens is 1. The summed E-state index contributed by atoms with van der Waals surface area (Å²) in [7, 11) is 1.95. The van der Waals surface area contributed by atoms with Gasteiger partial charge in [0.05, 0.1) is 18.4 Å². The Morgan fingerprint density at radius 1 is 1.19 bits per heavy atom. The Hall–Kier alpha value is -2.70. The van der Waals surface area contributed by atoms with E-state index in [9.17, 15) is 4.79 Å². The van der Waals surface area contributed by atoms with Gasteiger partial charge in [-0.1, -0.05) is 29.8 Å². The molecule has 1 saturated heterocycles. The zero-order chi connectivity index (χ0) is 21.6. The number of hydrogen-bond donors (Lipinski definition) is 0. The molecule has 1 fully saturated rings. The van der Waals surface area contributed by atoms with Crippen LogP contribution in [0.2, 0.25) is 5.02 Å². The third-order valence-corrected chi connectivity index (χ3v) is 5.79. The van der Waals surface area contributed by atoms with Crippen LogP contribution in [0.5, 0.6) is 0 Å². The van der Waals surface area contributed by atoms with E-state index in [4.69, 9.17) is 16.0 Å². The van der Waals surface area contributed by atoms with Crippen molar-refractivity contribution in [1.29, 1.82) is 0 Å². The second-order valence-electron chi connectivity index (χ2n) is 8.06. The number of piperidine rings is 1. The van der Waals surface area contributed by atoms with E-state index >= 15 is 0 Å². The van der Waals surface area contributed by atoms with Gasteiger partial charge >= 0.3 is 0 Å². The van der Waals surface area contributed by atoms with E-state index < -0.39 is 0 Å². The number of likely N-dealkylation sites (N-methyl/N-ethyl adjacent to an activating group) is 1. The standard InChI is InChI=1S/C24H27ClN4O2/c1-28(16-20-6-2-4-12-26-20)17-23(30)29-13-5-3-7-22(29)24-27-15-21(31-24)14-18-8-10-19(25)11-9-18/h2,4,6,8-12,15,22H,3,5,7,13-14,16-17H2,1H3/t22-/m1/s1. The Labute approximate surface area is 187 Å². The highest BCUT2D eigenvalue weighted by Crippen LogP contribution is 2.31. The van der Waals surface area contributed by atoms with Gasteiger partial charge in [-0.25, -0.2) is 4.98 Å². The second kappa shape index (κ2) is 10.1. The Morgan fingerprint density at radius 3 is 2.81 bits per heavy atom. The Bertz CT molecular complexity index is 990. The minimum absolute atomic E-state index is 0.0978. The molecule has 7 heteroatoms. The Balaban J connectivity index is 1.40. The fraction of sp³-hybridized carbons (Fsp3) is 0.375. The smallest absolute Gasteiger partial charge is 0.237 e. The van der Waals surface area contributed by atoms with Crippen LogP contribution < -0.4 is 0 Å². The first-order valence-corrected chi connectivity index (χ1v) is 11.0. The molecule has 0 saturated carbocycles. The quantitative estimate of drug-likeness (QED) is 0.543. The van der Waals surface area contributed by atoms with Crippen LogP contribution in [0.4, 0.5) is 0 Å². The van der Waals surface area contributed by atoms with Gasteiger partial charge in [-0.3, -0.25) is 14.7 Å². The number of carbonyl (C=O) groups is 1. The molecule has 0 spiro atoms. The monoisotopic (exact) mass is 438 g/mol. The minimum atomic E-state index is -0.108. The van der Waals surface area contributed by atoms with Crippen LogP contribution in [0.1, 0.15) is 48.2 Å². The van der Waals surface area contributed by atoms with Crippen molar-refractivity contribution in [2.24, 2.45) is 0 Å². The number of benzene rings is 1. The van der Waals surface area contributed by atoms with Gasteiger partial charge in [-0.15, -0.1) is 0 Å². The van der Waals surface area contributed by atoms with E-state index in [-0.39, 0.29) is 11.9 Å². The summed E-state index contributed by atoms with van der Waals surface area (Å²) >= 11 is 5.97. The van der Waals surface area contributed by atoms with Gasteiger partial charge in [-0.05, 0) is 56.1 Å². The van der Waals surface area contributed by atoms with Crippen molar-refractivity contribution in [3.05, 3.63) is 82.8 Å². The lowest BCUT2D eigenvalue weighted by Crippen LogP contribution is -2.43. The SMILES string of the molecule is CN(CC(=O)N1CCCC[C@@H]1c1ncc(Cc2ccc(Cl)cc2)o1)Cc1ccccn1. The summed E-state index contributed by atoms with van der Waals surface area (Å²) in [5.41, 5.74) is 2.06. The molecule has 0 bridgehead atoms. The largest absolute Gasteiger partial charge is 0.443 e. The number of amides is 1. The van der Waals surface area contributed by atoms with Crippen LogP contribution >= 0.6 is 11.6 Å². The molecule has 1 amide bonds. The normalized spacial score (nSPS) is 16.6. The van der Waals surface area contributed by atoms with Crippen LogP contribution in [0.15, 0.2) is 59.3 Å². The number of likely N-dealkylation sites (tertiary alicyclic amines) is 1. The number of rotatable bonds is 7. The van der Waals surface area contributed by atoms with Gasteiger partial charge < -0.3 is 9.32 Å². The predicted molar refractivity (Wildman–Crippen MR) is 120 cm³/mol. The van der Waals surface area contributed by atoms with E-state index in [1.807, 2.05) is 59.3 Å². The highest BCUT2D eigenvalue weighted by Gasteiger charge is 2.31. The summed E-state index contributed by atoms with van der Waals surface area (Å²) in [6, 6.07) is 13.4. The lowest BCUT2D eigenvalue weighted by atomic mass is 10.0. The summed E-state index contributed by atoms with van der Waals surface area (Å²) in [6.07, 6.45) is 7.14. The molecule has 0 unspecified atom stereocenters. The Kier molecular flexibility index (Phi) is 6.99.